The molecule has 1 saturated heterocycles. The summed E-state index contributed by atoms with van der Waals surface area (Å²) >= 11 is 0. The van der Waals surface area contributed by atoms with Crippen molar-refractivity contribution in [2.75, 3.05) is 6.54 Å². The minimum Gasteiger partial charge on any atom is -0.307 e. The average molecular weight is 169 g/mol. The van der Waals surface area contributed by atoms with E-state index in [-0.39, 0.29) is 11.5 Å². The third-order valence-corrected chi connectivity index (χ3v) is 2.15. The smallest absolute Gasteiger partial charge is 0.150 e. The Hall–Kier alpha value is -0.370. The summed E-state index contributed by atoms with van der Waals surface area (Å²) in [5.74, 6) is 0.389. The maximum absolute atomic E-state index is 11.6. The normalized spacial score (nSPS) is 24.4. The molecule has 12 heavy (non-hydrogen) atoms. The molecular formula is C10H19NO. The Kier molecular flexibility index (Phi) is 2.89. The lowest BCUT2D eigenvalue weighted by Gasteiger charge is -2.19. The molecular weight excluding hydrogens is 150 g/mol. The van der Waals surface area contributed by atoms with Gasteiger partial charge in [-0.2, -0.15) is 0 Å². The quantitative estimate of drug-likeness (QED) is 0.682. The van der Waals surface area contributed by atoms with Crippen molar-refractivity contribution in [1.29, 1.82) is 0 Å². The van der Waals surface area contributed by atoms with Gasteiger partial charge in [-0.25, -0.2) is 0 Å². The zero-order chi connectivity index (χ0) is 9.19. The number of nitrogens with one attached hydrogen (secondary N) is 1. The molecule has 0 unspecified atom stereocenters. The van der Waals surface area contributed by atoms with Gasteiger partial charge in [-0.3, -0.25) is 4.79 Å². The van der Waals surface area contributed by atoms with Crippen molar-refractivity contribution in [3.63, 3.8) is 0 Å². The topological polar surface area (TPSA) is 29.1 Å². The van der Waals surface area contributed by atoms with Crippen LogP contribution in [0.2, 0.25) is 0 Å². The first-order chi connectivity index (χ1) is 5.49. The van der Waals surface area contributed by atoms with E-state index in [1.807, 2.05) is 0 Å². The fourth-order valence-corrected chi connectivity index (χ4v) is 1.61. The zero-order valence-corrected chi connectivity index (χ0v) is 8.31. The van der Waals surface area contributed by atoms with Gasteiger partial charge in [0.2, 0.25) is 0 Å². The van der Waals surface area contributed by atoms with Crippen molar-refractivity contribution >= 4 is 5.78 Å². The second kappa shape index (κ2) is 3.56. The van der Waals surface area contributed by atoms with Crippen LogP contribution in [0.15, 0.2) is 0 Å². The molecule has 2 heteroatoms. The van der Waals surface area contributed by atoms with Gasteiger partial charge < -0.3 is 5.32 Å². The van der Waals surface area contributed by atoms with E-state index in [4.69, 9.17) is 0 Å². The van der Waals surface area contributed by atoms with Crippen LogP contribution in [0.3, 0.4) is 0 Å². The van der Waals surface area contributed by atoms with Crippen LogP contribution >= 0.6 is 0 Å². The van der Waals surface area contributed by atoms with E-state index < -0.39 is 0 Å². The number of carbonyl (C=O) groups is 1. The van der Waals surface area contributed by atoms with E-state index in [0.717, 1.165) is 19.4 Å². The highest BCUT2D eigenvalue weighted by atomic mass is 16.1. The summed E-state index contributed by atoms with van der Waals surface area (Å²) in [6, 6.07) is 0.157. The van der Waals surface area contributed by atoms with Crippen molar-refractivity contribution in [2.45, 2.75) is 46.1 Å². The van der Waals surface area contributed by atoms with Gasteiger partial charge in [0, 0.05) is 6.42 Å². The van der Waals surface area contributed by atoms with Crippen molar-refractivity contribution in [3.05, 3.63) is 0 Å². The molecule has 70 valence electrons. The number of rotatable bonds is 2. The first-order valence-electron chi connectivity index (χ1n) is 4.75. The van der Waals surface area contributed by atoms with Crippen molar-refractivity contribution in [1.82, 2.24) is 5.32 Å². The molecule has 2 nitrogen and oxygen atoms in total. The summed E-state index contributed by atoms with van der Waals surface area (Å²) in [7, 11) is 0. The second-order valence-electron chi connectivity index (χ2n) is 4.85. The van der Waals surface area contributed by atoms with Gasteiger partial charge in [0.25, 0.3) is 0 Å². The molecule has 0 bridgehead atoms. The fourth-order valence-electron chi connectivity index (χ4n) is 1.61. The molecule has 0 aromatic carbocycles. The zero-order valence-electron chi connectivity index (χ0n) is 8.31. The molecule has 1 aliphatic heterocycles. The molecule has 0 aliphatic carbocycles. The Morgan fingerprint density at radius 2 is 2.17 bits per heavy atom. The van der Waals surface area contributed by atoms with E-state index in [0.29, 0.717) is 12.2 Å². The van der Waals surface area contributed by atoms with Gasteiger partial charge in [0.1, 0.15) is 5.78 Å². The molecule has 1 fully saturated rings. The third kappa shape index (κ3) is 2.94. The lowest BCUT2D eigenvalue weighted by Crippen LogP contribution is -2.33. The summed E-state index contributed by atoms with van der Waals surface area (Å²) < 4.78 is 0. The number of carbonyl (C=O) groups excluding carboxylic acids is 1. The monoisotopic (exact) mass is 169 g/mol. The molecule has 0 aromatic rings. The van der Waals surface area contributed by atoms with E-state index >= 15 is 0 Å². The minimum atomic E-state index is 0.140. The maximum atomic E-state index is 11.6. The van der Waals surface area contributed by atoms with Crippen LogP contribution in [0, 0.1) is 5.41 Å². The lowest BCUT2D eigenvalue weighted by molar-refractivity contribution is -0.122. The maximum Gasteiger partial charge on any atom is 0.150 e. The molecule has 1 heterocycles. The number of hydrogen-bond acceptors (Lipinski definition) is 2. The molecule has 1 rings (SSSR count). The van der Waals surface area contributed by atoms with Gasteiger partial charge in [0.15, 0.2) is 0 Å². The van der Waals surface area contributed by atoms with Crippen LogP contribution in [0.4, 0.5) is 0 Å². The first kappa shape index (κ1) is 9.72. The summed E-state index contributed by atoms with van der Waals surface area (Å²) in [4.78, 5) is 11.6. The van der Waals surface area contributed by atoms with Gasteiger partial charge in [0.05, 0.1) is 6.04 Å². The van der Waals surface area contributed by atoms with Gasteiger partial charge in [-0.05, 0) is 24.8 Å². The van der Waals surface area contributed by atoms with E-state index in [2.05, 4.69) is 26.1 Å². The molecule has 0 amide bonds. The van der Waals surface area contributed by atoms with E-state index in [1.54, 1.807) is 0 Å². The average Bonchev–Trinajstić information content (AvgIpc) is 2.32. The molecule has 0 saturated carbocycles. The summed E-state index contributed by atoms with van der Waals surface area (Å²) in [5.41, 5.74) is 0.140. The Bertz CT molecular complexity index is 163. The third-order valence-electron chi connectivity index (χ3n) is 2.15. The summed E-state index contributed by atoms with van der Waals surface area (Å²) in [6.45, 7) is 7.35. The number of hydrogen-bond donors (Lipinski definition) is 1. The van der Waals surface area contributed by atoms with Crippen LogP contribution in [-0.4, -0.2) is 18.4 Å². The number of Topliss-reactive ketones (excluding diaryl/α,β-unsaturated/α-hetero) is 1. The van der Waals surface area contributed by atoms with Crippen LogP contribution in [0.25, 0.3) is 0 Å². The Morgan fingerprint density at radius 1 is 1.50 bits per heavy atom. The second-order valence-corrected chi connectivity index (χ2v) is 4.85. The molecule has 0 aromatic heterocycles. The Morgan fingerprint density at radius 3 is 2.58 bits per heavy atom. The minimum absolute atomic E-state index is 0.140. The molecule has 0 radical (unpaired) electrons. The first-order valence-corrected chi connectivity index (χ1v) is 4.75. The molecule has 0 spiro atoms. The van der Waals surface area contributed by atoms with Crippen LogP contribution in [-0.2, 0) is 4.79 Å². The van der Waals surface area contributed by atoms with E-state index in [9.17, 15) is 4.79 Å². The van der Waals surface area contributed by atoms with Crippen molar-refractivity contribution in [2.24, 2.45) is 5.41 Å². The van der Waals surface area contributed by atoms with Crippen molar-refractivity contribution < 1.29 is 4.79 Å². The van der Waals surface area contributed by atoms with Crippen molar-refractivity contribution in [3.8, 4) is 0 Å². The van der Waals surface area contributed by atoms with Crippen LogP contribution < -0.4 is 5.32 Å². The SMILES string of the molecule is CC(C)(C)CC(=O)[C@@H]1CCCN1. The molecule has 1 N–H and O–H groups in total. The predicted octanol–water partition coefficient (Wildman–Crippen LogP) is 1.74. The highest BCUT2D eigenvalue weighted by Crippen LogP contribution is 2.21. The molecule has 1 atom stereocenters. The summed E-state index contributed by atoms with van der Waals surface area (Å²) in [5, 5.41) is 3.23. The fraction of sp³-hybridized carbons (Fsp3) is 0.900. The highest BCUT2D eigenvalue weighted by Gasteiger charge is 2.25. The van der Waals surface area contributed by atoms with Gasteiger partial charge in [-0.15, -0.1) is 0 Å². The van der Waals surface area contributed by atoms with Gasteiger partial charge >= 0.3 is 0 Å². The lowest BCUT2D eigenvalue weighted by atomic mass is 9.87. The molecule has 1 aliphatic rings. The largest absolute Gasteiger partial charge is 0.307 e. The highest BCUT2D eigenvalue weighted by molar-refractivity contribution is 5.84. The Labute approximate surface area is 74.7 Å². The summed E-state index contributed by atoms with van der Waals surface area (Å²) in [6.07, 6.45) is 2.89. The Balaban J connectivity index is 2.37. The standard InChI is InChI=1S/C10H19NO/c1-10(2,3)7-9(12)8-5-4-6-11-8/h8,11H,4-7H2,1-3H3/t8-/m0/s1. The van der Waals surface area contributed by atoms with Gasteiger partial charge in [-0.1, -0.05) is 20.8 Å². The van der Waals surface area contributed by atoms with E-state index in [1.165, 1.54) is 0 Å². The predicted molar refractivity (Wildman–Crippen MR) is 50.1 cm³/mol. The number of ketones is 1. The van der Waals surface area contributed by atoms with Crippen LogP contribution in [0.1, 0.15) is 40.0 Å². The van der Waals surface area contributed by atoms with Crippen LogP contribution in [0.5, 0.6) is 0 Å².